The summed E-state index contributed by atoms with van der Waals surface area (Å²) in [4.78, 5) is 27.6. The minimum absolute atomic E-state index is 0.0218. The van der Waals surface area contributed by atoms with Crippen LogP contribution >= 0.6 is 0 Å². The maximum Gasteiger partial charge on any atom is 0.253 e. The maximum absolute atomic E-state index is 12.9. The molecule has 0 aliphatic carbocycles. The third kappa shape index (κ3) is 3.92. The summed E-state index contributed by atoms with van der Waals surface area (Å²) in [7, 11) is 3.08. The molecule has 2 aromatic carbocycles. The highest BCUT2D eigenvalue weighted by molar-refractivity contribution is 6.01. The number of fused-ring (bicyclic) bond motifs is 1. The van der Waals surface area contributed by atoms with E-state index in [9.17, 15) is 9.59 Å². The zero-order valence-corrected chi connectivity index (χ0v) is 18.1. The first-order valence-corrected chi connectivity index (χ1v) is 10.5. The Hall–Kier alpha value is -3.22. The van der Waals surface area contributed by atoms with Crippen LogP contribution < -0.4 is 18.9 Å². The maximum atomic E-state index is 12.9. The Balaban J connectivity index is 1.49. The summed E-state index contributed by atoms with van der Waals surface area (Å²) in [6, 6.07) is 10.6. The van der Waals surface area contributed by atoms with E-state index < -0.39 is 5.60 Å². The lowest BCUT2D eigenvalue weighted by atomic mass is 9.82. The van der Waals surface area contributed by atoms with Crippen LogP contribution in [-0.2, 0) is 0 Å². The molecule has 7 heteroatoms. The lowest BCUT2D eigenvalue weighted by Gasteiger charge is -2.44. The average molecular weight is 425 g/mol. The summed E-state index contributed by atoms with van der Waals surface area (Å²) < 4.78 is 22.7. The van der Waals surface area contributed by atoms with Gasteiger partial charge in [0, 0.05) is 31.5 Å². The van der Waals surface area contributed by atoms with Gasteiger partial charge >= 0.3 is 0 Å². The van der Waals surface area contributed by atoms with Crippen LogP contribution in [0.5, 0.6) is 23.0 Å². The molecular formula is C24H27NO6. The molecule has 0 aromatic heterocycles. The number of Topliss-reactive ketones (excluding diaryl/α,β-unsaturated/α-hetero) is 1. The van der Waals surface area contributed by atoms with Crippen LogP contribution in [-0.4, -0.2) is 56.1 Å². The van der Waals surface area contributed by atoms with Crippen molar-refractivity contribution in [1.29, 1.82) is 0 Å². The minimum Gasteiger partial charge on any atom is -0.494 e. The van der Waals surface area contributed by atoms with Crippen molar-refractivity contribution in [2.24, 2.45) is 0 Å². The van der Waals surface area contributed by atoms with Gasteiger partial charge in [-0.1, -0.05) is 0 Å². The molecule has 7 nitrogen and oxygen atoms in total. The standard InChI is InChI=1S/C24H27NO6/c1-4-30-17-7-5-16(6-8-17)23(27)25-13-11-24(12-14-25)15-19(26)18-9-10-20(28-2)22(29-3)21(18)31-24/h5-10H,4,11-15H2,1-3H3. The first-order valence-electron chi connectivity index (χ1n) is 10.5. The van der Waals surface area contributed by atoms with Crippen LogP contribution in [0.4, 0.5) is 0 Å². The lowest BCUT2D eigenvalue weighted by Crippen LogP contribution is -2.52. The fourth-order valence-electron chi connectivity index (χ4n) is 4.30. The van der Waals surface area contributed by atoms with Crippen LogP contribution in [0.2, 0.25) is 0 Å². The number of hydrogen-bond donors (Lipinski definition) is 0. The number of methoxy groups -OCH3 is 2. The van der Waals surface area contributed by atoms with Gasteiger partial charge in [-0.15, -0.1) is 0 Å². The van der Waals surface area contributed by atoms with E-state index in [1.165, 1.54) is 7.11 Å². The fraction of sp³-hybridized carbons (Fsp3) is 0.417. The van der Waals surface area contributed by atoms with Crippen molar-refractivity contribution in [1.82, 2.24) is 4.90 Å². The molecule has 0 radical (unpaired) electrons. The van der Waals surface area contributed by atoms with Gasteiger partial charge in [0.25, 0.3) is 5.91 Å². The Morgan fingerprint density at radius 3 is 2.39 bits per heavy atom. The summed E-state index contributed by atoms with van der Waals surface area (Å²) >= 11 is 0. The molecule has 164 valence electrons. The van der Waals surface area contributed by atoms with Gasteiger partial charge in [0.15, 0.2) is 17.3 Å². The summed E-state index contributed by atoms with van der Waals surface area (Å²) in [6.45, 7) is 3.53. The van der Waals surface area contributed by atoms with Crippen molar-refractivity contribution in [3.05, 3.63) is 47.5 Å². The molecule has 0 unspecified atom stereocenters. The topological polar surface area (TPSA) is 74.3 Å². The molecule has 0 saturated carbocycles. The van der Waals surface area contributed by atoms with Gasteiger partial charge in [-0.2, -0.15) is 0 Å². The summed E-state index contributed by atoms with van der Waals surface area (Å²) in [6.07, 6.45) is 1.43. The second-order valence-corrected chi connectivity index (χ2v) is 7.81. The third-order valence-electron chi connectivity index (χ3n) is 5.98. The van der Waals surface area contributed by atoms with Crippen molar-refractivity contribution in [3.8, 4) is 23.0 Å². The number of carbonyl (C=O) groups is 2. The van der Waals surface area contributed by atoms with E-state index in [2.05, 4.69) is 0 Å². The molecule has 1 amide bonds. The van der Waals surface area contributed by atoms with E-state index in [1.54, 1.807) is 31.4 Å². The van der Waals surface area contributed by atoms with Gasteiger partial charge in [0.1, 0.15) is 11.4 Å². The predicted octanol–water partition coefficient (Wildman–Crippen LogP) is 3.74. The van der Waals surface area contributed by atoms with Crippen molar-refractivity contribution in [2.75, 3.05) is 33.9 Å². The van der Waals surface area contributed by atoms with Crippen molar-refractivity contribution in [3.63, 3.8) is 0 Å². The molecule has 0 atom stereocenters. The Morgan fingerprint density at radius 2 is 1.77 bits per heavy atom. The molecule has 0 bridgehead atoms. The molecule has 2 aromatic rings. The summed E-state index contributed by atoms with van der Waals surface area (Å²) in [5.41, 5.74) is 0.493. The number of ether oxygens (including phenoxy) is 4. The number of piperidine rings is 1. The van der Waals surface area contributed by atoms with Crippen LogP contribution in [0.1, 0.15) is 46.9 Å². The largest absolute Gasteiger partial charge is 0.494 e. The first-order chi connectivity index (χ1) is 15.0. The molecule has 31 heavy (non-hydrogen) atoms. The Bertz CT molecular complexity index is 976. The van der Waals surface area contributed by atoms with E-state index in [4.69, 9.17) is 18.9 Å². The van der Waals surface area contributed by atoms with Gasteiger partial charge in [0.2, 0.25) is 5.75 Å². The number of ketones is 1. The van der Waals surface area contributed by atoms with Gasteiger partial charge < -0.3 is 23.8 Å². The zero-order chi connectivity index (χ0) is 22.0. The SMILES string of the molecule is CCOc1ccc(C(=O)N2CCC3(CC2)CC(=O)c2ccc(OC)c(OC)c2O3)cc1. The number of carbonyl (C=O) groups excluding carboxylic acids is 2. The highest BCUT2D eigenvalue weighted by Gasteiger charge is 2.45. The first kappa shape index (κ1) is 21.0. The monoisotopic (exact) mass is 425 g/mol. The van der Waals surface area contributed by atoms with Gasteiger partial charge in [-0.05, 0) is 43.3 Å². The average Bonchev–Trinajstić information content (AvgIpc) is 2.79. The van der Waals surface area contributed by atoms with Crippen molar-refractivity contribution >= 4 is 11.7 Å². The Labute approximate surface area is 181 Å². The molecule has 2 heterocycles. The molecule has 2 aliphatic rings. The predicted molar refractivity (Wildman–Crippen MR) is 115 cm³/mol. The number of likely N-dealkylation sites (tertiary alicyclic amines) is 1. The number of amides is 1. The summed E-state index contributed by atoms with van der Waals surface area (Å²) in [5.74, 6) is 2.13. The van der Waals surface area contributed by atoms with Crippen LogP contribution in [0, 0.1) is 0 Å². The van der Waals surface area contributed by atoms with E-state index >= 15 is 0 Å². The number of rotatable bonds is 5. The number of hydrogen-bond acceptors (Lipinski definition) is 6. The molecular weight excluding hydrogens is 398 g/mol. The Morgan fingerprint density at radius 1 is 1.06 bits per heavy atom. The highest BCUT2D eigenvalue weighted by Crippen LogP contribution is 2.47. The lowest BCUT2D eigenvalue weighted by molar-refractivity contribution is -0.00745. The van der Waals surface area contributed by atoms with E-state index in [1.807, 2.05) is 24.0 Å². The normalized spacial score (nSPS) is 17.0. The number of benzene rings is 2. The van der Waals surface area contributed by atoms with Crippen molar-refractivity contribution in [2.45, 2.75) is 31.8 Å². The molecule has 1 spiro atoms. The van der Waals surface area contributed by atoms with E-state index in [0.29, 0.717) is 67.3 Å². The van der Waals surface area contributed by atoms with Crippen LogP contribution in [0.15, 0.2) is 36.4 Å². The van der Waals surface area contributed by atoms with Crippen LogP contribution in [0.3, 0.4) is 0 Å². The zero-order valence-electron chi connectivity index (χ0n) is 18.1. The van der Waals surface area contributed by atoms with Crippen LogP contribution in [0.25, 0.3) is 0 Å². The Kier molecular flexibility index (Phi) is 5.76. The smallest absolute Gasteiger partial charge is 0.253 e. The molecule has 2 aliphatic heterocycles. The molecule has 1 saturated heterocycles. The minimum atomic E-state index is -0.640. The van der Waals surface area contributed by atoms with Crippen molar-refractivity contribution < 1.29 is 28.5 Å². The molecule has 0 N–H and O–H groups in total. The second-order valence-electron chi connectivity index (χ2n) is 7.81. The van der Waals surface area contributed by atoms with Gasteiger partial charge in [-0.25, -0.2) is 0 Å². The van der Waals surface area contributed by atoms with Gasteiger partial charge in [-0.3, -0.25) is 9.59 Å². The van der Waals surface area contributed by atoms with E-state index in [-0.39, 0.29) is 11.7 Å². The summed E-state index contributed by atoms with van der Waals surface area (Å²) in [5, 5.41) is 0. The second kappa shape index (κ2) is 8.49. The third-order valence-corrected chi connectivity index (χ3v) is 5.98. The highest BCUT2D eigenvalue weighted by atomic mass is 16.5. The fourth-order valence-corrected chi connectivity index (χ4v) is 4.30. The number of nitrogens with zero attached hydrogens (tertiary/aromatic N) is 1. The van der Waals surface area contributed by atoms with E-state index in [0.717, 1.165) is 5.75 Å². The molecule has 4 rings (SSSR count). The molecule has 1 fully saturated rings. The van der Waals surface area contributed by atoms with Gasteiger partial charge in [0.05, 0.1) is 32.8 Å². The quantitative estimate of drug-likeness (QED) is 0.727.